The van der Waals surface area contributed by atoms with Crippen molar-refractivity contribution in [2.75, 3.05) is 13.7 Å². The molecule has 2 rings (SSSR count). The molecule has 0 fully saturated rings. The van der Waals surface area contributed by atoms with Gasteiger partial charge in [0.25, 0.3) is 0 Å². The van der Waals surface area contributed by atoms with Crippen LogP contribution in [-0.2, 0) is 20.9 Å². The van der Waals surface area contributed by atoms with Crippen LogP contribution in [-0.4, -0.2) is 35.5 Å². The van der Waals surface area contributed by atoms with Gasteiger partial charge in [-0.3, -0.25) is 4.79 Å². The number of nitrogens with zero attached hydrogens (tertiary/aromatic N) is 1. The smallest absolute Gasteiger partial charge is 0.331 e. The molecule has 26 heavy (non-hydrogen) atoms. The van der Waals surface area contributed by atoms with E-state index in [0.717, 1.165) is 23.1 Å². The Kier molecular flexibility index (Phi) is 6.65. The van der Waals surface area contributed by atoms with E-state index in [4.69, 9.17) is 16.3 Å². The Labute approximate surface area is 153 Å². The lowest BCUT2D eigenvalue weighted by atomic mass is 10.0. The van der Waals surface area contributed by atoms with Gasteiger partial charge in [-0.25, -0.2) is 13.6 Å². The van der Waals surface area contributed by atoms with Crippen molar-refractivity contribution in [3.05, 3.63) is 70.2 Å². The highest BCUT2D eigenvalue weighted by Crippen LogP contribution is 2.24. The minimum Gasteiger partial charge on any atom is -0.479 e. The van der Waals surface area contributed by atoms with Crippen molar-refractivity contribution in [2.45, 2.75) is 12.6 Å². The number of carbonyl (C=O) groups is 2. The maximum Gasteiger partial charge on any atom is 0.331 e. The van der Waals surface area contributed by atoms with Crippen molar-refractivity contribution < 1.29 is 28.2 Å². The fourth-order valence-corrected chi connectivity index (χ4v) is 2.53. The molecule has 5 nitrogen and oxygen atoms in total. The number of ether oxygens (including phenoxy) is 1. The Morgan fingerprint density at radius 1 is 1.23 bits per heavy atom. The number of carboxylic acid groups (broad SMARTS) is 1. The number of hydrogen-bond donors (Lipinski definition) is 1. The van der Waals surface area contributed by atoms with Crippen LogP contribution in [0.5, 0.6) is 0 Å². The molecule has 0 aromatic heterocycles. The molecule has 0 aliphatic rings. The van der Waals surface area contributed by atoms with E-state index in [0.29, 0.717) is 10.6 Å². The Bertz CT molecular complexity index is 816. The van der Waals surface area contributed by atoms with Gasteiger partial charge in [-0.05, 0) is 29.8 Å². The number of benzene rings is 2. The van der Waals surface area contributed by atoms with Crippen LogP contribution in [0, 0.1) is 11.6 Å². The summed E-state index contributed by atoms with van der Waals surface area (Å²) >= 11 is 5.98. The average Bonchev–Trinajstić information content (AvgIpc) is 2.59. The number of hydrogen-bond acceptors (Lipinski definition) is 3. The molecular weight excluding hydrogens is 368 g/mol. The van der Waals surface area contributed by atoms with Gasteiger partial charge in [0.15, 0.2) is 6.04 Å². The average molecular weight is 384 g/mol. The Morgan fingerprint density at radius 2 is 1.92 bits per heavy atom. The molecule has 1 N–H and O–H groups in total. The monoisotopic (exact) mass is 383 g/mol. The number of carboxylic acids is 1. The molecule has 1 amide bonds. The van der Waals surface area contributed by atoms with Gasteiger partial charge in [-0.2, -0.15) is 0 Å². The lowest BCUT2D eigenvalue weighted by molar-refractivity contribution is -0.151. The summed E-state index contributed by atoms with van der Waals surface area (Å²) in [6, 6.07) is 7.64. The van der Waals surface area contributed by atoms with Crippen molar-refractivity contribution in [1.29, 1.82) is 0 Å². The summed E-state index contributed by atoms with van der Waals surface area (Å²) in [5, 5.41) is 9.83. The lowest BCUT2D eigenvalue weighted by Crippen LogP contribution is -2.38. The van der Waals surface area contributed by atoms with Crippen LogP contribution < -0.4 is 0 Å². The first-order valence-corrected chi connectivity index (χ1v) is 7.93. The molecule has 0 heterocycles. The molecular formula is C18H16ClF2NO4. The van der Waals surface area contributed by atoms with E-state index in [1.807, 2.05) is 0 Å². The number of aliphatic carboxylic acids is 1. The zero-order chi connectivity index (χ0) is 19.3. The van der Waals surface area contributed by atoms with Crippen molar-refractivity contribution >= 4 is 23.5 Å². The Hall–Kier alpha value is -2.51. The van der Waals surface area contributed by atoms with Gasteiger partial charge in [0, 0.05) is 17.6 Å². The van der Waals surface area contributed by atoms with E-state index in [9.17, 15) is 23.5 Å². The second-order valence-corrected chi connectivity index (χ2v) is 5.90. The first-order valence-electron chi connectivity index (χ1n) is 7.56. The standard InChI is InChI=1S/C18H16ClF2NO4/c1-22(16(23)10-26-9-11-4-2-3-5-14(11)19)17(18(24)25)13-8-12(20)6-7-15(13)21/h2-8,17H,9-10H2,1H3,(H,24,25)/t17-/m0/s1. The zero-order valence-corrected chi connectivity index (χ0v) is 14.5. The predicted molar refractivity (Wildman–Crippen MR) is 90.6 cm³/mol. The van der Waals surface area contributed by atoms with E-state index in [1.165, 1.54) is 7.05 Å². The minimum absolute atomic E-state index is 0.0469. The largest absolute Gasteiger partial charge is 0.479 e. The second kappa shape index (κ2) is 8.73. The third kappa shape index (κ3) is 4.77. The second-order valence-electron chi connectivity index (χ2n) is 5.50. The molecule has 0 aliphatic heterocycles. The van der Waals surface area contributed by atoms with E-state index in [2.05, 4.69) is 0 Å². The van der Waals surface area contributed by atoms with Crippen molar-refractivity contribution in [2.24, 2.45) is 0 Å². The van der Waals surface area contributed by atoms with E-state index < -0.39 is 41.7 Å². The van der Waals surface area contributed by atoms with Crippen LogP contribution >= 0.6 is 11.6 Å². The van der Waals surface area contributed by atoms with Crippen LogP contribution in [0.15, 0.2) is 42.5 Å². The van der Waals surface area contributed by atoms with Crippen LogP contribution in [0.3, 0.4) is 0 Å². The maximum absolute atomic E-state index is 13.9. The number of carbonyl (C=O) groups excluding carboxylic acids is 1. The summed E-state index contributed by atoms with van der Waals surface area (Å²) in [5.41, 5.74) is 0.218. The molecule has 1 atom stereocenters. The fourth-order valence-electron chi connectivity index (χ4n) is 2.34. The van der Waals surface area contributed by atoms with Gasteiger partial charge in [0.1, 0.15) is 18.2 Å². The summed E-state index contributed by atoms with van der Waals surface area (Å²) < 4.78 is 32.5. The summed E-state index contributed by atoms with van der Waals surface area (Å²) in [5.74, 6) is -3.91. The highest BCUT2D eigenvalue weighted by molar-refractivity contribution is 6.31. The molecule has 0 unspecified atom stereocenters. The summed E-state index contributed by atoms with van der Waals surface area (Å²) in [4.78, 5) is 24.5. The number of amides is 1. The Balaban J connectivity index is 2.07. The molecule has 0 saturated carbocycles. The van der Waals surface area contributed by atoms with Gasteiger partial charge in [0.05, 0.1) is 6.61 Å². The zero-order valence-electron chi connectivity index (χ0n) is 13.8. The van der Waals surface area contributed by atoms with Crippen LogP contribution in [0.1, 0.15) is 17.2 Å². The fraction of sp³-hybridized carbons (Fsp3) is 0.222. The van der Waals surface area contributed by atoms with Crippen molar-refractivity contribution in [3.8, 4) is 0 Å². The Morgan fingerprint density at radius 3 is 2.58 bits per heavy atom. The molecule has 2 aromatic carbocycles. The molecule has 8 heteroatoms. The van der Waals surface area contributed by atoms with Crippen molar-refractivity contribution in [3.63, 3.8) is 0 Å². The summed E-state index contributed by atoms with van der Waals surface area (Å²) in [6.07, 6.45) is 0. The first kappa shape index (κ1) is 19.8. The first-order chi connectivity index (χ1) is 12.3. The van der Waals surface area contributed by atoms with E-state index in [-0.39, 0.29) is 6.61 Å². The van der Waals surface area contributed by atoms with Gasteiger partial charge in [-0.1, -0.05) is 29.8 Å². The van der Waals surface area contributed by atoms with Crippen LogP contribution in [0.2, 0.25) is 5.02 Å². The predicted octanol–water partition coefficient (Wildman–Crippen LogP) is 3.42. The normalized spacial score (nSPS) is 11.8. The molecule has 0 bridgehead atoms. The molecule has 2 aromatic rings. The quantitative estimate of drug-likeness (QED) is 0.795. The van der Waals surface area contributed by atoms with Gasteiger partial charge >= 0.3 is 5.97 Å². The SMILES string of the molecule is CN(C(=O)COCc1ccccc1Cl)[C@H](C(=O)O)c1cc(F)ccc1F. The number of halogens is 3. The number of rotatable bonds is 7. The van der Waals surface area contributed by atoms with Crippen molar-refractivity contribution in [1.82, 2.24) is 4.90 Å². The van der Waals surface area contributed by atoms with Gasteiger partial charge in [-0.15, -0.1) is 0 Å². The molecule has 0 aliphatic carbocycles. The van der Waals surface area contributed by atoms with Gasteiger partial charge < -0.3 is 14.7 Å². The van der Waals surface area contributed by atoms with Crippen LogP contribution in [0.25, 0.3) is 0 Å². The summed E-state index contributed by atoms with van der Waals surface area (Å²) in [7, 11) is 1.18. The molecule has 0 spiro atoms. The van der Waals surface area contributed by atoms with E-state index in [1.54, 1.807) is 24.3 Å². The maximum atomic E-state index is 13.9. The highest BCUT2D eigenvalue weighted by atomic mass is 35.5. The third-order valence-corrected chi connectivity index (χ3v) is 4.08. The molecule has 0 saturated heterocycles. The third-order valence-electron chi connectivity index (χ3n) is 3.71. The molecule has 138 valence electrons. The van der Waals surface area contributed by atoms with E-state index >= 15 is 0 Å². The van der Waals surface area contributed by atoms with Crippen LogP contribution in [0.4, 0.5) is 8.78 Å². The highest BCUT2D eigenvalue weighted by Gasteiger charge is 2.31. The number of likely N-dealkylation sites (N-methyl/N-ethyl adjacent to an activating group) is 1. The summed E-state index contributed by atoms with van der Waals surface area (Å²) in [6.45, 7) is -0.395. The lowest BCUT2D eigenvalue weighted by Gasteiger charge is -2.25. The topological polar surface area (TPSA) is 66.8 Å². The molecule has 0 radical (unpaired) electrons. The minimum atomic E-state index is -1.68. The van der Waals surface area contributed by atoms with Gasteiger partial charge in [0.2, 0.25) is 5.91 Å².